The van der Waals surface area contributed by atoms with Crippen LogP contribution in [0.5, 0.6) is 17.2 Å². The van der Waals surface area contributed by atoms with E-state index in [0.717, 1.165) is 0 Å². The van der Waals surface area contributed by atoms with Crippen LogP contribution >= 0.6 is 0 Å². The molecule has 1 N–H and O–H groups in total. The number of aliphatic hydroxyl groups excluding tert-OH is 1. The summed E-state index contributed by atoms with van der Waals surface area (Å²) in [6.07, 6.45) is -1.75. The molecule has 1 aromatic carbocycles. The molecule has 0 saturated carbocycles. The number of carboxylic acid groups (broad SMARTS) is 1. The minimum absolute atomic E-state index is 0. The molecule has 6 nitrogen and oxygen atoms in total. The Bertz CT molecular complexity index is 395. The molecule has 18 heavy (non-hydrogen) atoms. The molecule has 1 rings (SSSR count). The predicted molar refractivity (Wildman–Crippen MR) is 56.1 cm³/mol. The first kappa shape index (κ1) is 17.7. The zero-order chi connectivity index (χ0) is 13.0. The maximum absolute atomic E-state index is 10.6. The third-order valence-corrected chi connectivity index (χ3v) is 2.23. The van der Waals surface area contributed by atoms with Crippen LogP contribution in [0.2, 0.25) is 0 Å². The van der Waals surface area contributed by atoms with Crippen molar-refractivity contribution in [2.24, 2.45) is 0 Å². The third-order valence-electron chi connectivity index (χ3n) is 2.23. The smallest absolute Gasteiger partial charge is 0.547 e. The molecule has 0 bridgehead atoms. The van der Waals surface area contributed by atoms with Crippen molar-refractivity contribution in [3.8, 4) is 17.2 Å². The van der Waals surface area contributed by atoms with E-state index < -0.39 is 12.1 Å². The van der Waals surface area contributed by atoms with Gasteiger partial charge in [-0.25, -0.2) is 0 Å². The van der Waals surface area contributed by atoms with Crippen LogP contribution in [0.1, 0.15) is 11.7 Å². The number of hydrogen-bond donors (Lipinski definition) is 1. The van der Waals surface area contributed by atoms with E-state index in [4.69, 9.17) is 14.2 Å². The Hall–Kier alpha value is -0.314. The number of ether oxygens (including phenoxy) is 3. The second-order valence-electron chi connectivity index (χ2n) is 3.18. The Labute approximate surface area is 147 Å². The summed E-state index contributed by atoms with van der Waals surface area (Å²) < 4.78 is 15.1. The van der Waals surface area contributed by atoms with Crippen LogP contribution in [0, 0.1) is 0 Å². The summed E-state index contributed by atoms with van der Waals surface area (Å²) in [5, 5.41) is 20.0. The molecule has 0 saturated heterocycles. The van der Waals surface area contributed by atoms with Crippen LogP contribution in [0.15, 0.2) is 12.1 Å². The second kappa shape index (κ2) is 7.98. The number of aliphatic hydroxyl groups is 1. The zero-order valence-corrected chi connectivity index (χ0v) is 13.8. The average molecular weight is 280 g/mol. The van der Waals surface area contributed by atoms with Crippen molar-refractivity contribution in [2.75, 3.05) is 21.3 Å². The van der Waals surface area contributed by atoms with Gasteiger partial charge in [-0.2, -0.15) is 0 Å². The van der Waals surface area contributed by atoms with Crippen LogP contribution in [0.3, 0.4) is 0 Å². The van der Waals surface area contributed by atoms with Gasteiger partial charge in [-0.1, -0.05) is 0 Å². The largest absolute Gasteiger partial charge is 1.00 e. The van der Waals surface area contributed by atoms with Crippen LogP contribution in [0.25, 0.3) is 0 Å². The molecule has 0 spiro atoms. The van der Waals surface area contributed by atoms with Gasteiger partial charge in [0.05, 0.1) is 27.3 Å². The van der Waals surface area contributed by atoms with Crippen molar-refractivity contribution in [1.29, 1.82) is 0 Å². The molecule has 0 fully saturated rings. The van der Waals surface area contributed by atoms with Gasteiger partial charge in [-0.05, 0) is 17.7 Å². The minimum Gasteiger partial charge on any atom is -0.547 e. The summed E-state index contributed by atoms with van der Waals surface area (Å²) in [5.41, 5.74) is 0.0968. The topological polar surface area (TPSA) is 88.1 Å². The number of methoxy groups -OCH3 is 3. The van der Waals surface area contributed by atoms with Crippen LogP contribution in [-0.2, 0) is 4.79 Å². The minimum atomic E-state index is -1.75. The molecule has 94 valence electrons. The molecule has 0 amide bonds. The molecule has 0 aliphatic heterocycles. The van der Waals surface area contributed by atoms with Crippen LogP contribution in [-0.4, -0.2) is 32.4 Å². The first-order valence-electron chi connectivity index (χ1n) is 4.74. The van der Waals surface area contributed by atoms with E-state index in [1.807, 2.05) is 0 Å². The van der Waals surface area contributed by atoms with E-state index in [2.05, 4.69) is 0 Å². The number of benzene rings is 1. The molecule has 0 heterocycles. The zero-order valence-electron chi connectivity index (χ0n) is 10.7. The van der Waals surface area contributed by atoms with Gasteiger partial charge in [-0.15, -0.1) is 0 Å². The molecular formula is C11H13KO6. The van der Waals surface area contributed by atoms with Crippen molar-refractivity contribution in [1.82, 2.24) is 0 Å². The van der Waals surface area contributed by atoms with E-state index in [1.165, 1.54) is 33.5 Å². The summed E-state index contributed by atoms with van der Waals surface area (Å²) in [4.78, 5) is 10.6. The van der Waals surface area contributed by atoms with Gasteiger partial charge >= 0.3 is 51.4 Å². The van der Waals surface area contributed by atoms with E-state index >= 15 is 0 Å². The molecular weight excluding hydrogens is 267 g/mol. The SMILES string of the molecule is COc1cc(C(O)C(=O)[O-])cc(OC)c1OC.[K+]. The molecule has 1 unspecified atom stereocenters. The first-order valence-corrected chi connectivity index (χ1v) is 4.74. The molecule has 0 aliphatic rings. The Kier molecular flexibility index (Phi) is 7.84. The van der Waals surface area contributed by atoms with Crippen molar-refractivity contribution < 1.29 is 80.6 Å². The Balaban J connectivity index is 0.00000289. The fraction of sp³-hybridized carbons (Fsp3) is 0.364. The van der Waals surface area contributed by atoms with Crippen molar-refractivity contribution >= 4 is 5.97 Å². The maximum atomic E-state index is 10.6. The van der Waals surface area contributed by atoms with E-state index in [1.54, 1.807) is 0 Å². The number of hydrogen-bond acceptors (Lipinski definition) is 6. The monoisotopic (exact) mass is 280 g/mol. The Morgan fingerprint density at radius 1 is 1.17 bits per heavy atom. The van der Waals surface area contributed by atoms with Crippen LogP contribution < -0.4 is 70.7 Å². The Morgan fingerprint density at radius 3 is 1.89 bits per heavy atom. The van der Waals surface area contributed by atoms with Gasteiger partial charge in [0.1, 0.15) is 6.10 Å². The molecule has 7 heteroatoms. The predicted octanol–water partition coefficient (Wildman–Crippen LogP) is -3.50. The van der Waals surface area contributed by atoms with Crippen molar-refractivity contribution in [3.63, 3.8) is 0 Å². The van der Waals surface area contributed by atoms with Crippen molar-refractivity contribution in [2.45, 2.75) is 6.10 Å². The summed E-state index contributed by atoms with van der Waals surface area (Å²) in [6, 6.07) is 2.70. The van der Waals surface area contributed by atoms with Gasteiger partial charge in [0, 0.05) is 0 Å². The number of carboxylic acids is 1. The van der Waals surface area contributed by atoms with E-state index in [9.17, 15) is 15.0 Å². The van der Waals surface area contributed by atoms with E-state index in [-0.39, 0.29) is 68.4 Å². The van der Waals surface area contributed by atoms with Gasteiger partial charge in [0.25, 0.3) is 0 Å². The van der Waals surface area contributed by atoms with Gasteiger partial charge in [0.2, 0.25) is 5.75 Å². The number of carbonyl (C=O) groups is 1. The van der Waals surface area contributed by atoms with Gasteiger partial charge in [-0.3, -0.25) is 0 Å². The van der Waals surface area contributed by atoms with Gasteiger partial charge in [0.15, 0.2) is 11.5 Å². The quantitative estimate of drug-likeness (QED) is 0.563. The number of carbonyl (C=O) groups excluding carboxylic acids is 1. The normalized spacial score (nSPS) is 11.1. The fourth-order valence-corrected chi connectivity index (χ4v) is 1.40. The summed E-state index contributed by atoms with van der Waals surface area (Å²) in [5.74, 6) is -0.743. The van der Waals surface area contributed by atoms with Gasteiger partial charge < -0.3 is 29.2 Å². The standard InChI is InChI=1S/C11H14O6.K/c1-15-7-4-6(9(12)11(13)14)5-8(16-2)10(7)17-3;/h4-5,9,12H,1-3H3,(H,13,14);/q;+1/p-1. The third kappa shape index (κ3) is 3.84. The number of aliphatic carboxylic acids is 1. The first-order chi connectivity index (χ1) is 8.04. The summed E-state index contributed by atoms with van der Waals surface area (Å²) in [7, 11) is 4.22. The van der Waals surface area contributed by atoms with E-state index in [0.29, 0.717) is 5.75 Å². The molecule has 1 atom stereocenters. The average Bonchev–Trinajstić information content (AvgIpc) is 2.35. The van der Waals surface area contributed by atoms with Crippen LogP contribution in [0.4, 0.5) is 0 Å². The van der Waals surface area contributed by atoms with Crippen molar-refractivity contribution in [3.05, 3.63) is 17.7 Å². The molecule has 1 aromatic rings. The second-order valence-corrected chi connectivity index (χ2v) is 3.18. The Morgan fingerprint density at radius 2 is 1.61 bits per heavy atom. The fourth-order valence-electron chi connectivity index (χ4n) is 1.40. The molecule has 0 aromatic heterocycles. The number of rotatable bonds is 5. The summed E-state index contributed by atoms with van der Waals surface area (Å²) in [6.45, 7) is 0. The molecule has 0 aliphatic carbocycles. The maximum Gasteiger partial charge on any atom is 1.00 e. The molecule has 0 radical (unpaired) electrons. The summed E-state index contributed by atoms with van der Waals surface area (Å²) >= 11 is 0.